The average molecular weight is 297 g/mol. The Morgan fingerprint density at radius 2 is 2.09 bits per heavy atom. The maximum Gasteiger partial charge on any atom is 0.0998 e. The van der Waals surface area contributed by atoms with Crippen LogP contribution in [-0.4, -0.2) is 20.0 Å². The lowest BCUT2D eigenvalue weighted by Gasteiger charge is -2.09. The first-order valence-electron chi connectivity index (χ1n) is 7.85. The lowest BCUT2D eigenvalue weighted by molar-refractivity contribution is 0.469. The fourth-order valence-electron chi connectivity index (χ4n) is 2.74. The Hall–Kier alpha value is -2.14. The Kier molecular flexibility index (Phi) is 4.24. The van der Waals surface area contributed by atoms with Gasteiger partial charge in [-0.15, -0.1) is 5.10 Å². The van der Waals surface area contributed by atoms with E-state index in [1.165, 1.54) is 10.9 Å². The van der Waals surface area contributed by atoms with E-state index >= 15 is 0 Å². The molecular weight excluding hydrogens is 274 g/mol. The molecule has 2 heterocycles. The Bertz CT molecular complexity index is 753. The maximum atomic E-state index is 5.84. The number of aromatic amines is 1. The lowest BCUT2D eigenvalue weighted by atomic mass is 10.1. The molecule has 0 unspecified atom stereocenters. The van der Waals surface area contributed by atoms with Gasteiger partial charge in [0.05, 0.1) is 11.4 Å². The largest absolute Gasteiger partial charge is 0.361 e. The molecule has 1 aromatic carbocycles. The summed E-state index contributed by atoms with van der Waals surface area (Å²) in [4.78, 5) is 3.33. The third kappa shape index (κ3) is 2.90. The van der Waals surface area contributed by atoms with Crippen LogP contribution in [0.4, 0.5) is 0 Å². The molecule has 0 spiro atoms. The third-order valence-corrected chi connectivity index (χ3v) is 4.06. The highest BCUT2D eigenvalue weighted by Gasteiger charge is 2.14. The van der Waals surface area contributed by atoms with Crippen molar-refractivity contribution in [2.24, 2.45) is 11.7 Å². The van der Waals surface area contributed by atoms with Gasteiger partial charge in [-0.2, -0.15) is 0 Å². The van der Waals surface area contributed by atoms with E-state index in [0.717, 1.165) is 36.3 Å². The van der Waals surface area contributed by atoms with Gasteiger partial charge in [-0.3, -0.25) is 0 Å². The number of nitrogens with one attached hydrogen (secondary N) is 1. The van der Waals surface area contributed by atoms with Gasteiger partial charge in [0.1, 0.15) is 0 Å². The molecule has 0 amide bonds. The summed E-state index contributed by atoms with van der Waals surface area (Å²) >= 11 is 0. The minimum atomic E-state index is 0.430. The fourth-order valence-corrected chi connectivity index (χ4v) is 2.74. The first kappa shape index (κ1) is 14.8. The van der Waals surface area contributed by atoms with Crippen molar-refractivity contribution < 1.29 is 0 Å². The van der Waals surface area contributed by atoms with Crippen molar-refractivity contribution in [1.82, 2.24) is 20.0 Å². The van der Waals surface area contributed by atoms with E-state index in [4.69, 9.17) is 5.73 Å². The summed E-state index contributed by atoms with van der Waals surface area (Å²) in [5, 5.41) is 9.80. The van der Waals surface area contributed by atoms with Gasteiger partial charge in [0, 0.05) is 36.6 Å². The number of aryl methyl sites for hydroxylation is 1. The summed E-state index contributed by atoms with van der Waals surface area (Å²) in [6.07, 6.45) is 3.97. The van der Waals surface area contributed by atoms with E-state index in [-0.39, 0.29) is 0 Å². The van der Waals surface area contributed by atoms with Crippen LogP contribution in [0.15, 0.2) is 30.5 Å². The van der Waals surface area contributed by atoms with Crippen molar-refractivity contribution >= 4 is 10.9 Å². The van der Waals surface area contributed by atoms with Gasteiger partial charge < -0.3 is 10.7 Å². The molecule has 0 saturated heterocycles. The van der Waals surface area contributed by atoms with Crippen LogP contribution in [0.5, 0.6) is 0 Å². The minimum absolute atomic E-state index is 0.430. The number of H-pyrrole nitrogens is 1. The normalized spacial score (nSPS) is 11.6. The fraction of sp³-hybridized carbons (Fsp3) is 0.412. The molecule has 3 rings (SSSR count). The van der Waals surface area contributed by atoms with Gasteiger partial charge in [-0.25, -0.2) is 4.68 Å². The van der Waals surface area contributed by atoms with Crippen molar-refractivity contribution in [1.29, 1.82) is 0 Å². The van der Waals surface area contributed by atoms with Gasteiger partial charge >= 0.3 is 0 Å². The van der Waals surface area contributed by atoms with E-state index in [0.29, 0.717) is 12.5 Å². The van der Waals surface area contributed by atoms with Crippen molar-refractivity contribution in [3.63, 3.8) is 0 Å². The molecule has 0 radical (unpaired) electrons. The number of nitrogens with two attached hydrogens (primary N) is 1. The van der Waals surface area contributed by atoms with Gasteiger partial charge in [-0.1, -0.05) is 37.3 Å². The predicted molar refractivity (Wildman–Crippen MR) is 88.5 cm³/mol. The van der Waals surface area contributed by atoms with Crippen molar-refractivity contribution in [2.75, 3.05) is 0 Å². The molecule has 3 N–H and O–H groups in total. The third-order valence-electron chi connectivity index (χ3n) is 4.06. The number of nitrogens with zero attached hydrogens (tertiary/aromatic N) is 3. The highest BCUT2D eigenvalue weighted by atomic mass is 15.4. The summed E-state index contributed by atoms with van der Waals surface area (Å²) in [5.74, 6) is 0.645. The first-order chi connectivity index (χ1) is 10.7. The van der Waals surface area contributed by atoms with Crippen LogP contribution in [-0.2, 0) is 19.5 Å². The molecule has 0 saturated carbocycles. The van der Waals surface area contributed by atoms with Gasteiger partial charge in [-0.05, 0) is 24.0 Å². The topological polar surface area (TPSA) is 72.5 Å². The van der Waals surface area contributed by atoms with E-state index in [9.17, 15) is 0 Å². The Labute approximate surface area is 130 Å². The average Bonchev–Trinajstić information content (AvgIpc) is 3.10. The number of hydrogen-bond donors (Lipinski definition) is 2. The molecule has 0 fully saturated rings. The highest BCUT2D eigenvalue weighted by molar-refractivity contribution is 5.83. The van der Waals surface area contributed by atoms with E-state index in [2.05, 4.69) is 53.5 Å². The van der Waals surface area contributed by atoms with Crippen LogP contribution in [0.3, 0.4) is 0 Å². The van der Waals surface area contributed by atoms with Gasteiger partial charge in [0.15, 0.2) is 0 Å². The molecule has 116 valence electrons. The second-order valence-electron chi connectivity index (χ2n) is 6.13. The molecule has 5 heteroatoms. The number of rotatable bonds is 6. The minimum Gasteiger partial charge on any atom is -0.361 e. The molecule has 0 aliphatic rings. The Morgan fingerprint density at radius 3 is 2.86 bits per heavy atom. The molecule has 5 nitrogen and oxygen atoms in total. The van der Waals surface area contributed by atoms with Crippen LogP contribution in [0.25, 0.3) is 10.9 Å². The highest BCUT2D eigenvalue weighted by Crippen LogP contribution is 2.22. The van der Waals surface area contributed by atoms with Crippen LogP contribution in [0, 0.1) is 5.92 Å². The Balaban J connectivity index is 1.91. The monoisotopic (exact) mass is 297 g/mol. The summed E-state index contributed by atoms with van der Waals surface area (Å²) in [6.45, 7) is 5.77. The van der Waals surface area contributed by atoms with E-state index in [1.54, 1.807) is 0 Å². The summed E-state index contributed by atoms with van der Waals surface area (Å²) < 4.78 is 2.02. The second-order valence-corrected chi connectivity index (χ2v) is 6.13. The van der Waals surface area contributed by atoms with Crippen molar-refractivity contribution in [3.8, 4) is 0 Å². The second kappa shape index (κ2) is 6.32. The van der Waals surface area contributed by atoms with Gasteiger partial charge in [0.2, 0.25) is 0 Å². The zero-order valence-electron chi connectivity index (χ0n) is 13.2. The number of benzene rings is 1. The molecule has 3 aromatic rings. The lowest BCUT2D eigenvalue weighted by Crippen LogP contribution is -2.10. The molecule has 0 aliphatic carbocycles. The number of fused-ring (bicyclic) bond motifs is 1. The zero-order valence-corrected chi connectivity index (χ0v) is 13.2. The molecule has 22 heavy (non-hydrogen) atoms. The van der Waals surface area contributed by atoms with Crippen molar-refractivity contribution in [2.45, 2.75) is 39.8 Å². The molecule has 0 aliphatic heterocycles. The number of hydrogen-bond acceptors (Lipinski definition) is 3. The SMILES string of the molecule is CC(C)CCn1nnc(CN)c1Cc1c[nH]c2ccccc12. The van der Waals surface area contributed by atoms with Crippen LogP contribution in [0.2, 0.25) is 0 Å². The van der Waals surface area contributed by atoms with Crippen LogP contribution in [0.1, 0.15) is 37.2 Å². The standard InChI is InChI=1S/C17H23N5/c1-12(2)7-8-22-17(16(10-18)20-21-22)9-13-11-19-15-6-4-3-5-14(13)15/h3-6,11-12,19H,7-10,18H2,1-2H3. The number of para-hydroxylation sites is 1. The quantitative estimate of drug-likeness (QED) is 0.735. The Morgan fingerprint density at radius 1 is 1.27 bits per heavy atom. The summed E-state index contributed by atoms with van der Waals surface area (Å²) in [7, 11) is 0. The first-order valence-corrected chi connectivity index (χ1v) is 7.85. The maximum absolute atomic E-state index is 5.84. The zero-order chi connectivity index (χ0) is 15.5. The van der Waals surface area contributed by atoms with Crippen molar-refractivity contribution in [3.05, 3.63) is 47.4 Å². The molecular formula is C17H23N5. The van der Waals surface area contributed by atoms with Gasteiger partial charge in [0.25, 0.3) is 0 Å². The van der Waals surface area contributed by atoms with Crippen LogP contribution < -0.4 is 5.73 Å². The molecule has 2 aromatic heterocycles. The molecule has 0 bridgehead atoms. The summed E-state index contributed by atoms with van der Waals surface area (Å²) in [5.41, 5.74) is 10.3. The smallest absolute Gasteiger partial charge is 0.0998 e. The number of aromatic nitrogens is 4. The molecule has 0 atom stereocenters. The summed E-state index contributed by atoms with van der Waals surface area (Å²) in [6, 6.07) is 8.35. The van der Waals surface area contributed by atoms with Crippen LogP contribution >= 0.6 is 0 Å². The van der Waals surface area contributed by atoms with E-state index < -0.39 is 0 Å². The van der Waals surface area contributed by atoms with E-state index in [1.807, 2.05) is 10.7 Å². The predicted octanol–water partition coefficient (Wildman–Crippen LogP) is 2.86.